The van der Waals surface area contributed by atoms with E-state index in [0.717, 1.165) is 19.0 Å². The van der Waals surface area contributed by atoms with Crippen LogP contribution in [0.5, 0.6) is 0 Å². The van der Waals surface area contributed by atoms with Crippen LogP contribution in [-0.2, 0) is 6.54 Å². The minimum Gasteiger partial charge on any atom is -0.313 e. The van der Waals surface area contributed by atoms with E-state index < -0.39 is 0 Å². The molecule has 3 nitrogen and oxygen atoms in total. The maximum Gasteiger partial charge on any atom is 0.0706 e. The molecule has 2 rings (SSSR count). The fourth-order valence-electron chi connectivity index (χ4n) is 2.15. The van der Waals surface area contributed by atoms with Crippen LogP contribution >= 0.6 is 0 Å². The molecule has 0 aromatic carbocycles. The Hall–Kier alpha value is -1.35. The molecule has 0 aliphatic rings. The maximum atomic E-state index is 4.33. The first-order valence-corrected chi connectivity index (χ1v) is 6.89. The number of rotatable bonds is 7. The Kier molecular flexibility index (Phi) is 4.76. The first kappa shape index (κ1) is 13.1. The second-order valence-electron chi connectivity index (χ2n) is 5.27. The third-order valence-electron chi connectivity index (χ3n) is 3.21. The molecule has 2 aromatic rings. The summed E-state index contributed by atoms with van der Waals surface area (Å²) >= 11 is 0. The lowest BCUT2D eigenvalue weighted by molar-refractivity contribution is 0.521. The highest BCUT2D eigenvalue weighted by Crippen LogP contribution is 2.09. The van der Waals surface area contributed by atoms with Gasteiger partial charge in [0.05, 0.1) is 11.7 Å². The quantitative estimate of drug-likeness (QED) is 0.759. The molecular formula is C15H23N3. The van der Waals surface area contributed by atoms with Gasteiger partial charge in [-0.25, -0.2) is 4.52 Å². The van der Waals surface area contributed by atoms with Gasteiger partial charge in [-0.2, -0.15) is 5.10 Å². The molecule has 0 radical (unpaired) electrons. The lowest BCUT2D eigenvalue weighted by Gasteiger charge is -2.05. The first-order chi connectivity index (χ1) is 8.77. The minimum atomic E-state index is 0.824. The molecule has 0 fully saturated rings. The minimum absolute atomic E-state index is 0.824. The third-order valence-corrected chi connectivity index (χ3v) is 3.21. The molecule has 2 aromatic heterocycles. The Balaban J connectivity index is 1.74. The Labute approximate surface area is 109 Å². The van der Waals surface area contributed by atoms with Crippen LogP contribution in [0.4, 0.5) is 0 Å². The van der Waals surface area contributed by atoms with Gasteiger partial charge in [0.15, 0.2) is 0 Å². The van der Waals surface area contributed by atoms with Crippen LogP contribution in [0.2, 0.25) is 0 Å². The Morgan fingerprint density at radius 2 is 2.17 bits per heavy atom. The molecule has 98 valence electrons. The largest absolute Gasteiger partial charge is 0.313 e. The number of unbranched alkanes of at least 4 members (excludes halogenated alkanes) is 1. The van der Waals surface area contributed by atoms with Gasteiger partial charge in [-0.05, 0) is 31.0 Å². The standard InChI is InChI=1S/C15H23N3/c1-13(2)7-3-5-9-16-11-14-12-17-18-10-6-4-8-15(14)18/h4,6,8,10,12-13,16H,3,5,7,9,11H2,1-2H3. The van der Waals surface area contributed by atoms with Gasteiger partial charge in [-0.1, -0.05) is 32.8 Å². The zero-order valence-electron chi connectivity index (χ0n) is 11.4. The van der Waals surface area contributed by atoms with Gasteiger partial charge in [-0.15, -0.1) is 0 Å². The van der Waals surface area contributed by atoms with Gasteiger partial charge in [-0.3, -0.25) is 0 Å². The van der Waals surface area contributed by atoms with Crippen LogP contribution in [0.15, 0.2) is 30.6 Å². The molecule has 0 saturated heterocycles. The molecule has 0 aliphatic carbocycles. The number of hydrogen-bond acceptors (Lipinski definition) is 2. The summed E-state index contributed by atoms with van der Waals surface area (Å²) in [6.07, 6.45) is 7.85. The Bertz CT molecular complexity index is 473. The molecule has 0 aliphatic heterocycles. The molecule has 0 spiro atoms. The second-order valence-corrected chi connectivity index (χ2v) is 5.27. The van der Waals surface area contributed by atoms with Crippen molar-refractivity contribution < 1.29 is 0 Å². The van der Waals surface area contributed by atoms with Gasteiger partial charge >= 0.3 is 0 Å². The van der Waals surface area contributed by atoms with Crippen LogP contribution in [0.25, 0.3) is 5.52 Å². The van der Waals surface area contributed by atoms with Crippen molar-refractivity contribution in [3.8, 4) is 0 Å². The average Bonchev–Trinajstić information content (AvgIpc) is 2.77. The van der Waals surface area contributed by atoms with Crippen molar-refractivity contribution in [2.24, 2.45) is 5.92 Å². The molecule has 1 N–H and O–H groups in total. The van der Waals surface area contributed by atoms with E-state index in [2.05, 4.69) is 36.4 Å². The van der Waals surface area contributed by atoms with Crippen LogP contribution in [0, 0.1) is 5.92 Å². The van der Waals surface area contributed by atoms with Crippen molar-refractivity contribution >= 4 is 5.52 Å². The highest BCUT2D eigenvalue weighted by Gasteiger charge is 2.02. The predicted octanol–water partition coefficient (Wildman–Crippen LogP) is 3.25. The van der Waals surface area contributed by atoms with Crippen molar-refractivity contribution in [1.29, 1.82) is 0 Å². The second kappa shape index (κ2) is 6.55. The van der Waals surface area contributed by atoms with E-state index in [-0.39, 0.29) is 0 Å². The van der Waals surface area contributed by atoms with Crippen LogP contribution in [-0.4, -0.2) is 16.2 Å². The number of aromatic nitrogens is 2. The monoisotopic (exact) mass is 245 g/mol. The van der Waals surface area contributed by atoms with E-state index in [1.807, 2.05) is 23.0 Å². The number of nitrogens with one attached hydrogen (secondary N) is 1. The summed E-state index contributed by atoms with van der Waals surface area (Å²) in [5.74, 6) is 0.824. The van der Waals surface area contributed by atoms with Crippen molar-refractivity contribution in [3.63, 3.8) is 0 Å². The summed E-state index contributed by atoms with van der Waals surface area (Å²) in [6.45, 7) is 6.57. The lowest BCUT2D eigenvalue weighted by Crippen LogP contribution is -2.14. The number of hydrogen-bond donors (Lipinski definition) is 1. The predicted molar refractivity (Wildman–Crippen MR) is 75.6 cm³/mol. The Morgan fingerprint density at radius 3 is 3.00 bits per heavy atom. The van der Waals surface area contributed by atoms with Gasteiger partial charge in [0.2, 0.25) is 0 Å². The van der Waals surface area contributed by atoms with E-state index in [4.69, 9.17) is 0 Å². The molecule has 0 bridgehead atoms. The van der Waals surface area contributed by atoms with E-state index in [0.29, 0.717) is 0 Å². The zero-order chi connectivity index (χ0) is 12.8. The summed E-state index contributed by atoms with van der Waals surface area (Å²) in [5, 5.41) is 7.83. The van der Waals surface area contributed by atoms with Crippen molar-refractivity contribution in [2.75, 3.05) is 6.54 Å². The van der Waals surface area contributed by atoms with Crippen molar-refractivity contribution in [3.05, 3.63) is 36.2 Å². The van der Waals surface area contributed by atoms with Gasteiger partial charge in [0, 0.05) is 18.3 Å². The first-order valence-electron chi connectivity index (χ1n) is 6.89. The van der Waals surface area contributed by atoms with E-state index >= 15 is 0 Å². The van der Waals surface area contributed by atoms with E-state index in [1.54, 1.807) is 0 Å². The van der Waals surface area contributed by atoms with E-state index in [1.165, 1.54) is 30.3 Å². The maximum absolute atomic E-state index is 4.33. The molecule has 0 atom stereocenters. The molecule has 3 heteroatoms. The number of nitrogens with zero attached hydrogens (tertiary/aromatic N) is 2. The number of pyridine rings is 1. The fraction of sp³-hybridized carbons (Fsp3) is 0.533. The molecule has 0 unspecified atom stereocenters. The summed E-state index contributed by atoms with van der Waals surface area (Å²) in [5.41, 5.74) is 2.48. The van der Waals surface area contributed by atoms with Crippen LogP contribution in [0.1, 0.15) is 38.7 Å². The average molecular weight is 245 g/mol. The summed E-state index contributed by atoms with van der Waals surface area (Å²) in [7, 11) is 0. The smallest absolute Gasteiger partial charge is 0.0706 e. The molecule has 0 saturated carbocycles. The zero-order valence-corrected chi connectivity index (χ0v) is 11.4. The Morgan fingerprint density at radius 1 is 1.28 bits per heavy atom. The normalized spacial score (nSPS) is 11.5. The van der Waals surface area contributed by atoms with E-state index in [9.17, 15) is 0 Å². The van der Waals surface area contributed by atoms with Gasteiger partial charge in [0.25, 0.3) is 0 Å². The molecule has 0 amide bonds. The van der Waals surface area contributed by atoms with Crippen molar-refractivity contribution in [2.45, 2.75) is 39.7 Å². The highest BCUT2D eigenvalue weighted by atomic mass is 15.2. The molecule has 2 heterocycles. The third kappa shape index (κ3) is 3.57. The molecular weight excluding hydrogens is 222 g/mol. The van der Waals surface area contributed by atoms with Gasteiger partial charge < -0.3 is 5.32 Å². The van der Waals surface area contributed by atoms with Gasteiger partial charge in [0.1, 0.15) is 0 Å². The summed E-state index contributed by atoms with van der Waals surface area (Å²) < 4.78 is 1.93. The SMILES string of the molecule is CC(C)CCCCNCc1cnn2ccccc12. The lowest BCUT2D eigenvalue weighted by atomic mass is 10.1. The highest BCUT2D eigenvalue weighted by molar-refractivity contribution is 5.53. The molecule has 18 heavy (non-hydrogen) atoms. The summed E-state index contributed by atoms with van der Waals surface area (Å²) in [4.78, 5) is 0. The summed E-state index contributed by atoms with van der Waals surface area (Å²) in [6, 6.07) is 6.18. The van der Waals surface area contributed by atoms with Crippen molar-refractivity contribution in [1.82, 2.24) is 14.9 Å². The fourth-order valence-corrected chi connectivity index (χ4v) is 2.15. The van der Waals surface area contributed by atoms with Crippen LogP contribution < -0.4 is 5.32 Å². The number of fused-ring (bicyclic) bond motifs is 1. The van der Waals surface area contributed by atoms with Crippen LogP contribution in [0.3, 0.4) is 0 Å². The topological polar surface area (TPSA) is 29.3 Å².